The summed E-state index contributed by atoms with van der Waals surface area (Å²) in [4.78, 5) is 1.36. The van der Waals surface area contributed by atoms with Gasteiger partial charge in [0.15, 0.2) is 5.82 Å². The van der Waals surface area contributed by atoms with Gasteiger partial charge in [-0.1, -0.05) is 49.3 Å². The molecule has 1 fully saturated rings. The van der Waals surface area contributed by atoms with Crippen molar-refractivity contribution in [2.75, 3.05) is 6.61 Å². The molecule has 0 aliphatic heterocycles. The number of hydrogen-bond acceptors (Lipinski definition) is 3. The lowest BCUT2D eigenvalue weighted by molar-refractivity contribution is 0.136. The Balaban J connectivity index is 1.72. The molecule has 2 aromatic heterocycles. The van der Waals surface area contributed by atoms with Crippen LogP contribution in [-0.4, -0.2) is 26.1 Å². The molecule has 8 heteroatoms. The number of aliphatic hydroxyl groups excluding tert-OH is 1. The third-order valence-corrected chi connectivity index (χ3v) is 7.70. The minimum atomic E-state index is -0.499. The van der Waals surface area contributed by atoms with Gasteiger partial charge >= 0.3 is 0 Å². The molecule has 2 aromatic carbocycles. The molecule has 0 spiro atoms. The largest absolute Gasteiger partial charge is 0.396 e. The van der Waals surface area contributed by atoms with Crippen LogP contribution in [0, 0.1) is 24.0 Å². The van der Waals surface area contributed by atoms with Crippen molar-refractivity contribution in [3.05, 3.63) is 70.6 Å². The van der Waals surface area contributed by atoms with Crippen molar-refractivity contribution < 1.29 is 13.9 Å². The predicted octanol–water partition coefficient (Wildman–Crippen LogP) is 7.11. The molecule has 4 aromatic rings. The van der Waals surface area contributed by atoms with Crippen LogP contribution in [0.4, 0.5) is 8.78 Å². The number of benzene rings is 2. The zero-order valence-electron chi connectivity index (χ0n) is 19.3. The maximum Gasteiger partial charge on any atom is 0.166 e. The lowest BCUT2D eigenvalue weighted by Gasteiger charge is -2.21. The standard InChI is InChI=1S/C26H26ClF2N3OS/c1-15-5-4-6-20(21(15)28)34-25-18-9-10-19(27)22(29)24(18)32(23(25)16-7-8-16)17-11-30-31(12-17)13-26(2,3)14-33/h4-6,9-12,16,33H,7-8,13-14H2,1-3H3. The molecule has 0 unspecified atom stereocenters. The average Bonchev–Trinajstić information content (AvgIpc) is 3.45. The summed E-state index contributed by atoms with van der Waals surface area (Å²) in [5, 5.41) is 14.9. The highest BCUT2D eigenvalue weighted by molar-refractivity contribution is 7.99. The van der Waals surface area contributed by atoms with Crippen LogP contribution < -0.4 is 0 Å². The van der Waals surface area contributed by atoms with E-state index in [0.29, 0.717) is 27.9 Å². The summed E-state index contributed by atoms with van der Waals surface area (Å²) < 4.78 is 34.2. The van der Waals surface area contributed by atoms with Gasteiger partial charge in [-0.15, -0.1) is 0 Å². The minimum Gasteiger partial charge on any atom is -0.396 e. The first-order chi connectivity index (χ1) is 16.2. The van der Waals surface area contributed by atoms with E-state index in [1.165, 1.54) is 11.8 Å². The first kappa shape index (κ1) is 23.4. The Morgan fingerprint density at radius 2 is 1.94 bits per heavy atom. The van der Waals surface area contributed by atoms with Gasteiger partial charge in [0.1, 0.15) is 5.82 Å². The molecule has 0 atom stereocenters. The van der Waals surface area contributed by atoms with Gasteiger partial charge in [0.2, 0.25) is 0 Å². The third kappa shape index (κ3) is 4.14. The summed E-state index contributed by atoms with van der Waals surface area (Å²) in [6.45, 7) is 6.20. The smallest absolute Gasteiger partial charge is 0.166 e. The highest BCUT2D eigenvalue weighted by Crippen LogP contribution is 2.51. The molecular formula is C26H26ClF2N3OS. The van der Waals surface area contributed by atoms with E-state index in [1.54, 1.807) is 36.0 Å². The first-order valence-electron chi connectivity index (χ1n) is 11.3. The Hall–Kier alpha value is -2.35. The molecule has 34 heavy (non-hydrogen) atoms. The molecule has 2 heterocycles. The van der Waals surface area contributed by atoms with Gasteiger partial charge in [0, 0.05) is 51.6 Å². The van der Waals surface area contributed by atoms with Crippen LogP contribution in [0.2, 0.25) is 5.02 Å². The molecular weight excluding hydrogens is 476 g/mol. The number of hydrogen-bond donors (Lipinski definition) is 1. The number of fused-ring (bicyclic) bond motifs is 1. The van der Waals surface area contributed by atoms with E-state index >= 15 is 4.39 Å². The summed E-state index contributed by atoms with van der Waals surface area (Å²) in [5.41, 5.74) is 2.29. The molecule has 0 bridgehead atoms. The number of aliphatic hydroxyl groups is 1. The van der Waals surface area contributed by atoms with Crippen LogP contribution in [-0.2, 0) is 6.54 Å². The van der Waals surface area contributed by atoms with Crippen LogP contribution >= 0.6 is 23.4 Å². The van der Waals surface area contributed by atoms with Crippen molar-refractivity contribution in [2.24, 2.45) is 5.41 Å². The van der Waals surface area contributed by atoms with Crippen molar-refractivity contribution in [2.45, 2.75) is 55.9 Å². The highest BCUT2D eigenvalue weighted by atomic mass is 35.5. The molecule has 1 N–H and O–H groups in total. The molecule has 1 saturated carbocycles. The molecule has 5 rings (SSSR count). The molecule has 0 amide bonds. The summed E-state index contributed by atoms with van der Waals surface area (Å²) >= 11 is 7.55. The normalized spacial score (nSPS) is 14.3. The number of halogens is 3. The summed E-state index contributed by atoms with van der Waals surface area (Å²) in [6, 6.07) is 8.71. The van der Waals surface area contributed by atoms with Gasteiger partial charge in [-0.2, -0.15) is 5.10 Å². The quantitative estimate of drug-likeness (QED) is 0.293. The van der Waals surface area contributed by atoms with Crippen LogP contribution in [0.15, 0.2) is 52.5 Å². The number of aryl methyl sites for hydroxylation is 1. The second kappa shape index (κ2) is 8.70. The van der Waals surface area contributed by atoms with Crippen molar-refractivity contribution in [1.29, 1.82) is 0 Å². The van der Waals surface area contributed by atoms with Crippen LogP contribution in [0.3, 0.4) is 0 Å². The maximum atomic E-state index is 15.5. The topological polar surface area (TPSA) is 43.0 Å². The van der Waals surface area contributed by atoms with Crippen LogP contribution in [0.1, 0.15) is 43.9 Å². The molecule has 0 saturated heterocycles. The van der Waals surface area contributed by atoms with Gasteiger partial charge < -0.3 is 9.67 Å². The van der Waals surface area contributed by atoms with Crippen molar-refractivity contribution in [3.8, 4) is 5.69 Å². The fraction of sp³-hybridized carbons (Fsp3) is 0.346. The van der Waals surface area contributed by atoms with Gasteiger partial charge in [-0.3, -0.25) is 4.68 Å². The van der Waals surface area contributed by atoms with Gasteiger partial charge in [-0.05, 0) is 43.5 Å². The number of rotatable bonds is 7. The molecule has 1 aliphatic carbocycles. The van der Waals surface area contributed by atoms with E-state index in [0.717, 1.165) is 29.1 Å². The SMILES string of the molecule is Cc1cccc(Sc2c(C3CC3)n(-c3cnn(CC(C)(C)CO)c3)c3c(F)c(Cl)ccc23)c1F. The lowest BCUT2D eigenvalue weighted by atomic mass is 9.95. The zero-order chi connectivity index (χ0) is 24.2. The first-order valence-corrected chi connectivity index (χ1v) is 12.5. The third-order valence-electron chi connectivity index (χ3n) is 6.24. The lowest BCUT2D eigenvalue weighted by Crippen LogP contribution is -2.23. The second-order valence-corrected chi connectivity index (χ2v) is 11.2. The average molecular weight is 502 g/mol. The summed E-state index contributed by atoms with van der Waals surface area (Å²) in [6.07, 6.45) is 5.55. The van der Waals surface area contributed by atoms with E-state index in [2.05, 4.69) is 5.10 Å². The van der Waals surface area contributed by atoms with Crippen LogP contribution in [0.25, 0.3) is 16.6 Å². The molecule has 0 radical (unpaired) electrons. The molecule has 178 valence electrons. The Labute approximate surface area is 206 Å². The van der Waals surface area contributed by atoms with E-state index in [1.807, 2.05) is 36.7 Å². The zero-order valence-corrected chi connectivity index (χ0v) is 20.9. The van der Waals surface area contributed by atoms with Crippen molar-refractivity contribution in [1.82, 2.24) is 14.3 Å². The van der Waals surface area contributed by atoms with E-state index < -0.39 is 5.82 Å². The Bertz CT molecular complexity index is 1390. The van der Waals surface area contributed by atoms with Crippen molar-refractivity contribution >= 4 is 34.3 Å². The fourth-order valence-corrected chi connectivity index (χ4v) is 5.66. The van der Waals surface area contributed by atoms with Gasteiger partial charge in [0.25, 0.3) is 0 Å². The Kier molecular flexibility index (Phi) is 5.99. The molecule has 1 aliphatic rings. The number of nitrogens with zero attached hydrogens (tertiary/aromatic N) is 3. The summed E-state index contributed by atoms with van der Waals surface area (Å²) in [7, 11) is 0. The number of aromatic nitrogens is 3. The predicted molar refractivity (Wildman–Crippen MR) is 132 cm³/mol. The van der Waals surface area contributed by atoms with Crippen LogP contribution in [0.5, 0.6) is 0 Å². The van der Waals surface area contributed by atoms with Gasteiger partial charge in [-0.25, -0.2) is 8.78 Å². The fourth-order valence-electron chi connectivity index (χ4n) is 4.25. The Morgan fingerprint density at radius 1 is 1.18 bits per heavy atom. The van der Waals surface area contributed by atoms with E-state index in [9.17, 15) is 9.50 Å². The van der Waals surface area contributed by atoms with Gasteiger partial charge in [0.05, 0.1) is 22.4 Å². The monoisotopic (exact) mass is 501 g/mol. The summed E-state index contributed by atoms with van der Waals surface area (Å²) in [5.74, 6) is -0.511. The Morgan fingerprint density at radius 3 is 2.65 bits per heavy atom. The highest BCUT2D eigenvalue weighted by Gasteiger charge is 2.35. The van der Waals surface area contributed by atoms with E-state index in [4.69, 9.17) is 11.6 Å². The molecule has 4 nitrogen and oxygen atoms in total. The second-order valence-electron chi connectivity index (χ2n) is 9.79. The van der Waals surface area contributed by atoms with E-state index in [-0.39, 0.29) is 28.8 Å². The van der Waals surface area contributed by atoms with Crippen molar-refractivity contribution in [3.63, 3.8) is 0 Å². The maximum absolute atomic E-state index is 15.5. The minimum absolute atomic E-state index is 0.0229.